The van der Waals surface area contributed by atoms with Crippen LogP contribution < -0.4 is 9.47 Å². The monoisotopic (exact) mass is 306 g/mol. The fraction of sp³-hybridized carbons (Fsp3) is 0.294. The summed E-state index contributed by atoms with van der Waals surface area (Å²) in [7, 11) is 3.17. The van der Waals surface area contributed by atoms with Crippen LogP contribution in [0.1, 0.15) is 28.4 Å². The number of benzene rings is 2. The second kappa shape index (κ2) is 6.37. The van der Waals surface area contributed by atoms with Crippen molar-refractivity contribution in [1.29, 1.82) is 0 Å². The van der Waals surface area contributed by atoms with Gasteiger partial charge in [0.15, 0.2) is 11.5 Å². The lowest BCUT2D eigenvalue weighted by molar-refractivity contribution is 0.218. The van der Waals surface area contributed by atoms with Crippen LogP contribution in [0.3, 0.4) is 0 Å². The molecule has 0 aromatic heterocycles. The second-order valence-electron chi connectivity index (χ2n) is 4.97. The minimum atomic E-state index is -0.734. The molecule has 0 aliphatic carbocycles. The molecule has 2 aromatic carbocycles. The van der Waals surface area contributed by atoms with Gasteiger partial charge in [0.2, 0.25) is 0 Å². The third-order valence-electron chi connectivity index (χ3n) is 3.59. The summed E-state index contributed by atoms with van der Waals surface area (Å²) in [6, 6.07) is 9.15. The fourth-order valence-corrected chi connectivity index (χ4v) is 2.63. The van der Waals surface area contributed by atoms with Crippen molar-refractivity contribution in [2.75, 3.05) is 14.2 Å². The van der Waals surface area contributed by atoms with Crippen molar-refractivity contribution in [3.05, 3.63) is 57.6 Å². The van der Waals surface area contributed by atoms with E-state index in [2.05, 4.69) is 0 Å². The lowest BCUT2D eigenvalue weighted by atomic mass is 9.94. The van der Waals surface area contributed by atoms with Crippen LogP contribution in [-0.2, 0) is 0 Å². The van der Waals surface area contributed by atoms with Crippen molar-refractivity contribution in [3.8, 4) is 11.5 Å². The minimum absolute atomic E-state index is 0.601. The van der Waals surface area contributed by atoms with Crippen LogP contribution in [0.25, 0.3) is 0 Å². The molecule has 0 aliphatic heterocycles. The Balaban J connectivity index is 2.50. The summed E-state index contributed by atoms with van der Waals surface area (Å²) in [6.45, 7) is 3.87. The van der Waals surface area contributed by atoms with E-state index in [1.165, 1.54) is 0 Å². The first kappa shape index (κ1) is 15.7. The highest BCUT2D eigenvalue weighted by atomic mass is 35.5. The van der Waals surface area contributed by atoms with Crippen LogP contribution in [0.2, 0.25) is 5.02 Å². The average Bonchev–Trinajstić information content (AvgIpc) is 2.46. The maximum Gasteiger partial charge on any atom is 0.161 e. The van der Waals surface area contributed by atoms with Crippen LogP contribution in [0.4, 0.5) is 0 Å². The van der Waals surface area contributed by atoms with Gasteiger partial charge in [0.1, 0.15) is 6.10 Å². The van der Waals surface area contributed by atoms with E-state index < -0.39 is 6.10 Å². The Morgan fingerprint density at radius 2 is 1.48 bits per heavy atom. The Kier molecular flexibility index (Phi) is 4.76. The molecule has 1 atom stereocenters. The van der Waals surface area contributed by atoms with Gasteiger partial charge < -0.3 is 14.6 Å². The highest BCUT2D eigenvalue weighted by Crippen LogP contribution is 2.36. The lowest BCUT2D eigenvalue weighted by Gasteiger charge is -2.19. The van der Waals surface area contributed by atoms with Gasteiger partial charge in [-0.05, 0) is 60.4 Å². The van der Waals surface area contributed by atoms with Crippen molar-refractivity contribution in [1.82, 2.24) is 0 Å². The first-order chi connectivity index (χ1) is 9.97. The maximum atomic E-state index is 10.7. The number of rotatable bonds is 4. The van der Waals surface area contributed by atoms with Crippen LogP contribution >= 0.6 is 11.6 Å². The molecule has 112 valence electrons. The van der Waals surface area contributed by atoms with Crippen molar-refractivity contribution in [3.63, 3.8) is 0 Å². The van der Waals surface area contributed by atoms with Gasteiger partial charge in [0.05, 0.1) is 14.2 Å². The normalized spacial score (nSPS) is 12.1. The quantitative estimate of drug-likeness (QED) is 0.926. The number of methoxy groups -OCH3 is 2. The van der Waals surface area contributed by atoms with E-state index in [4.69, 9.17) is 21.1 Å². The molecule has 21 heavy (non-hydrogen) atoms. The number of hydrogen-bond acceptors (Lipinski definition) is 3. The number of ether oxygens (including phenoxy) is 2. The van der Waals surface area contributed by atoms with Gasteiger partial charge in [-0.25, -0.2) is 0 Å². The molecule has 2 aromatic rings. The summed E-state index contributed by atoms with van der Waals surface area (Å²) < 4.78 is 10.6. The third kappa shape index (κ3) is 3.14. The van der Waals surface area contributed by atoms with Crippen LogP contribution in [0.5, 0.6) is 11.5 Å². The molecule has 0 aliphatic rings. The molecule has 0 spiro atoms. The van der Waals surface area contributed by atoms with Crippen molar-refractivity contribution in [2.45, 2.75) is 20.0 Å². The van der Waals surface area contributed by atoms with E-state index in [-0.39, 0.29) is 0 Å². The number of halogens is 1. The number of aliphatic hydroxyl groups is 1. The Bertz CT molecular complexity index is 653. The van der Waals surface area contributed by atoms with Gasteiger partial charge in [-0.15, -0.1) is 0 Å². The standard InChI is InChI=1S/C17H19ClO3/c1-10-7-12(18)5-6-13(10)17(19)14-9-16(21-4)15(20-3)8-11(14)2/h5-9,17,19H,1-4H3. The Morgan fingerprint density at radius 3 is 2.05 bits per heavy atom. The number of hydrogen-bond donors (Lipinski definition) is 1. The summed E-state index contributed by atoms with van der Waals surface area (Å²) in [4.78, 5) is 0. The van der Waals surface area contributed by atoms with Crippen molar-refractivity contribution >= 4 is 11.6 Å². The predicted octanol–water partition coefficient (Wildman–Crippen LogP) is 4.06. The van der Waals surface area contributed by atoms with Gasteiger partial charge >= 0.3 is 0 Å². The van der Waals surface area contributed by atoms with Crippen molar-refractivity contribution < 1.29 is 14.6 Å². The minimum Gasteiger partial charge on any atom is -0.493 e. The van der Waals surface area contributed by atoms with Gasteiger partial charge in [0.25, 0.3) is 0 Å². The summed E-state index contributed by atoms with van der Waals surface area (Å²) in [5, 5.41) is 11.3. The Hall–Kier alpha value is -1.71. The van der Waals surface area contributed by atoms with E-state index in [1.54, 1.807) is 20.3 Å². The fourth-order valence-electron chi connectivity index (χ4n) is 2.40. The zero-order chi connectivity index (χ0) is 15.6. The molecule has 3 nitrogen and oxygen atoms in total. The summed E-state index contributed by atoms with van der Waals surface area (Å²) >= 11 is 5.97. The molecule has 4 heteroatoms. The molecule has 0 radical (unpaired) electrons. The van der Waals surface area contributed by atoms with E-state index in [9.17, 15) is 5.11 Å². The number of aliphatic hydroxyl groups excluding tert-OH is 1. The first-order valence-electron chi connectivity index (χ1n) is 6.64. The maximum absolute atomic E-state index is 10.7. The molecule has 0 amide bonds. The molecule has 0 bridgehead atoms. The van der Waals surface area contributed by atoms with Crippen LogP contribution in [0, 0.1) is 13.8 Å². The molecule has 1 N–H and O–H groups in total. The van der Waals surface area contributed by atoms with E-state index in [1.807, 2.05) is 38.1 Å². The second-order valence-corrected chi connectivity index (χ2v) is 5.40. The van der Waals surface area contributed by atoms with E-state index >= 15 is 0 Å². The third-order valence-corrected chi connectivity index (χ3v) is 3.83. The number of aryl methyl sites for hydroxylation is 2. The molecule has 1 unspecified atom stereocenters. The highest BCUT2D eigenvalue weighted by Gasteiger charge is 2.18. The molecule has 2 rings (SSSR count). The van der Waals surface area contributed by atoms with E-state index in [0.717, 1.165) is 22.3 Å². The summed E-state index contributed by atoms with van der Waals surface area (Å²) in [5.41, 5.74) is 3.51. The van der Waals surface area contributed by atoms with Gasteiger partial charge in [0, 0.05) is 5.02 Å². The molecule has 0 saturated carbocycles. The van der Waals surface area contributed by atoms with Crippen molar-refractivity contribution in [2.24, 2.45) is 0 Å². The highest BCUT2D eigenvalue weighted by molar-refractivity contribution is 6.30. The predicted molar refractivity (Wildman–Crippen MR) is 84.5 cm³/mol. The zero-order valence-corrected chi connectivity index (χ0v) is 13.4. The van der Waals surface area contributed by atoms with Gasteiger partial charge in [-0.2, -0.15) is 0 Å². The topological polar surface area (TPSA) is 38.7 Å². The van der Waals surface area contributed by atoms with Gasteiger partial charge in [-0.1, -0.05) is 17.7 Å². The summed E-state index contributed by atoms with van der Waals surface area (Å²) in [5.74, 6) is 1.25. The molecule has 0 heterocycles. The Labute approximate surface area is 130 Å². The largest absolute Gasteiger partial charge is 0.493 e. The smallest absolute Gasteiger partial charge is 0.161 e. The average molecular weight is 307 g/mol. The molecular weight excluding hydrogens is 288 g/mol. The Morgan fingerprint density at radius 1 is 0.905 bits per heavy atom. The molecular formula is C17H19ClO3. The van der Waals surface area contributed by atoms with Crippen LogP contribution in [-0.4, -0.2) is 19.3 Å². The summed E-state index contributed by atoms with van der Waals surface area (Å²) in [6.07, 6.45) is -0.734. The zero-order valence-electron chi connectivity index (χ0n) is 12.6. The van der Waals surface area contributed by atoms with Crippen LogP contribution in [0.15, 0.2) is 30.3 Å². The molecule has 0 fully saturated rings. The van der Waals surface area contributed by atoms with Gasteiger partial charge in [-0.3, -0.25) is 0 Å². The molecule has 0 saturated heterocycles. The lowest BCUT2D eigenvalue weighted by Crippen LogP contribution is -2.05. The first-order valence-corrected chi connectivity index (χ1v) is 7.02. The van der Waals surface area contributed by atoms with E-state index in [0.29, 0.717) is 16.5 Å². The SMILES string of the molecule is COc1cc(C)c(C(O)c2ccc(Cl)cc2C)cc1OC.